The van der Waals surface area contributed by atoms with Crippen molar-refractivity contribution in [2.24, 2.45) is 0 Å². The van der Waals surface area contributed by atoms with Crippen molar-refractivity contribution in [2.45, 2.75) is 6.18 Å². The largest absolute Gasteiger partial charge is 0.472 e. The maximum Gasteiger partial charge on any atom is 0.416 e. The van der Waals surface area contributed by atoms with E-state index in [9.17, 15) is 13.2 Å². The van der Waals surface area contributed by atoms with E-state index in [-0.39, 0.29) is 18.0 Å². The van der Waals surface area contributed by atoms with Gasteiger partial charge in [-0.05, 0) is 23.4 Å². The molecule has 2 aromatic rings. The fourth-order valence-corrected chi connectivity index (χ4v) is 1.38. The van der Waals surface area contributed by atoms with E-state index >= 15 is 0 Å². The zero-order valence-corrected chi connectivity index (χ0v) is 9.11. The number of alkyl halides is 3. The van der Waals surface area contributed by atoms with Gasteiger partial charge < -0.3 is 4.74 Å². The highest BCUT2D eigenvalue weighted by atomic mass is 19.4. The number of ether oxygens (including phenoxy) is 1. The summed E-state index contributed by atoms with van der Waals surface area (Å²) in [6.45, 7) is 3.65. The topological polar surface area (TPSA) is 47.9 Å². The molecule has 0 radical (unpaired) electrons. The summed E-state index contributed by atoms with van der Waals surface area (Å²) in [6.07, 6.45) is -2.92. The molecular formula is C11H8F3N3O. The van der Waals surface area contributed by atoms with E-state index in [1.165, 1.54) is 12.1 Å². The molecule has 0 atom stereocenters. The van der Waals surface area contributed by atoms with Gasteiger partial charge in [-0.15, -0.1) is 5.10 Å². The number of halogens is 3. The first kappa shape index (κ1) is 12.3. The van der Waals surface area contributed by atoms with E-state index in [1.54, 1.807) is 0 Å². The number of nitrogens with zero attached hydrogens (tertiary/aromatic N) is 3. The molecule has 2 rings (SSSR count). The van der Waals surface area contributed by atoms with Gasteiger partial charge in [-0.1, -0.05) is 17.8 Å². The standard InChI is InChI=1S/C11H8F3N3O/c1-2-5-18-10-8-4-3-7(11(12,13)14)6-9(8)15-17-16-10/h2-4,6H,1,5H2. The number of fused-ring (bicyclic) bond motifs is 1. The van der Waals surface area contributed by atoms with Crippen molar-refractivity contribution in [3.05, 3.63) is 36.4 Å². The molecule has 0 bridgehead atoms. The minimum atomic E-state index is -4.42. The van der Waals surface area contributed by atoms with E-state index in [1.807, 2.05) is 0 Å². The molecule has 0 unspecified atom stereocenters. The highest BCUT2D eigenvalue weighted by Crippen LogP contribution is 2.32. The summed E-state index contributed by atoms with van der Waals surface area (Å²) in [4.78, 5) is 0. The van der Waals surface area contributed by atoms with Crippen LogP contribution in [0.2, 0.25) is 0 Å². The first-order valence-electron chi connectivity index (χ1n) is 4.96. The Morgan fingerprint density at radius 3 is 2.72 bits per heavy atom. The van der Waals surface area contributed by atoms with Gasteiger partial charge in [0.1, 0.15) is 12.1 Å². The lowest BCUT2D eigenvalue weighted by atomic mass is 10.1. The lowest BCUT2D eigenvalue weighted by Gasteiger charge is -2.08. The number of hydrogen-bond acceptors (Lipinski definition) is 4. The molecule has 0 N–H and O–H groups in total. The van der Waals surface area contributed by atoms with Crippen LogP contribution in [-0.4, -0.2) is 22.0 Å². The van der Waals surface area contributed by atoms with Gasteiger partial charge in [-0.2, -0.15) is 13.2 Å². The van der Waals surface area contributed by atoms with Crippen molar-refractivity contribution in [1.82, 2.24) is 15.4 Å². The van der Waals surface area contributed by atoms with Crippen LogP contribution >= 0.6 is 0 Å². The van der Waals surface area contributed by atoms with Crippen LogP contribution in [0.25, 0.3) is 10.9 Å². The Hall–Kier alpha value is -2.18. The molecule has 0 aliphatic carbocycles. The third kappa shape index (κ3) is 2.39. The first-order valence-corrected chi connectivity index (χ1v) is 4.96. The summed E-state index contributed by atoms with van der Waals surface area (Å²) in [5, 5.41) is 10.9. The van der Waals surface area contributed by atoms with Crippen LogP contribution < -0.4 is 4.74 Å². The maximum absolute atomic E-state index is 12.5. The van der Waals surface area contributed by atoms with Crippen molar-refractivity contribution in [3.63, 3.8) is 0 Å². The van der Waals surface area contributed by atoms with Gasteiger partial charge in [0.2, 0.25) is 5.88 Å². The smallest absolute Gasteiger partial charge is 0.416 e. The molecule has 0 spiro atoms. The monoisotopic (exact) mass is 255 g/mol. The molecule has 0 aliphatic heterocycles. The van der Waals surface area contributed by atoms with Crippen LogP contribution in [0, 0.1) is 0 Å². The summed E-state index contributed by atoms with van der Waals surface area (Å²) in [7, 11) is 0. The fourth-order valence-electron chi connectivity index (χ4n) is 1.38. The third-order valence-electron chi connectivity index (χ3n) is 2.18. The molecule has 7 heteroatoms. The SMILES string of the molecule is C=CCOc1nnnc2cc(C(F)(F)F)ccc12. The summed E-state index contributed by atoms with van der Waals surface area (Å²) >= 11 is 0. The van der Waals surface area contributed by atoms with E-state index in [4.69, 9.17) is 4.74 Å². The van der Waals surface area contributed by atoms with E-state index in [2.05, 4.69) is 22.0 Å². The Bertz CT molecular complexity index is 583. The van der Waals surface area contributed by atoms with Crippen LogP contribution in [-0.2, 0) is 6.18 Å². The van der Waals surface area contributed by atoms with Gasteiger partial charge in [0.05, 0.1) is 10.9 Å². The van der Waals surface area contributed by atoms with Gasteiger partial charge in [0.25, 0.3) is 0 Å². The second-order valence-corrected chi connectivity index (χ2v) is 3.42. The number of benzene rings is 1. The summed E-state index contributed by atoms with van der Waals surface area (Å²) < 4.78 is 42.7. The van der Waals surface area contributed by atoms with Crippen molar-refractivity contribution in [2.75, 3.05) is 6.61 Å². The van der Waals surface area contributed by atoms with Crippen LogP contribution in [0.5, 0.6) is 5.88 Å². The first-order chi connectivity index (χ1) is 8.52. The highest BCUT2D eigenvalue weighted by Gasteiger charge is 2.30. The predicted octanol–water partition coefficient (Wildman–Crippen LogP) is 2.61. The van der Waals surface area contributed by atoms with Crippen LogP contribution in [0.3, 0.4) is 0 Å². The molecule has 4 nitrogen and oxygen atoms in total. The van der Waals surface area contributed by atoms with Crippen molar-refractivity contribution in [1.29, 1.82) is 0 Å². The normalized spacial score (nSPS) is 11.5. The number of aromatic nitrogens is 3. The van der Waals surface area contributed by atoms with Gasteiger partial charge in [0.15, 0.2) is 0 Å². The second-order valence-electron chi connectivity index (χ2n) is 3.42. The quantitative estimate of drug-likeness (QED) is 0.791. The zero-order chi connectivity index (χ0) is 13.2. The Balaban J connectivity index is 2.49. The Kier molecular flexibility index (Phi) is 3.14. The average Bonchev–Trinajstić information content (AvgIpc) is 2.34. The summed E-state index contributed by atoms with van der Waals surface area (Å²) in [5.41, 5.74) is -0.705. The highest BCUT2D eigenvalue weighted by molar-refractivity contribution is 5.83. The summed E-state index contributed by atoms with van der Waals surface area (Å²) in [6, 6.07) is 3.12. The van der Waals surface area contributed by atoms with E-state index in [0.29, 0.717) is 5.39 Å². The molecule has 0 amide bonds. The fraction of sp³-hybridized carbons (Fsp3) is 0.182. The van der Waals surface area contributed by atoms with Crippen LogP contribution in [0.4, 0.5) is 13.2 Å². The molecule has 18 heavy (non-hydrogen) atoms. The van der Waals surface area contributed by atoms with Gasteiger partial charge in [-0.25, -0.2) is 0 Å². The Morgan fingerprint density at radius 1 is 1.28 bits per heavy atom. The zero-order valence-electron chi connectivity index (χ0n) is 9.11. The molecule has 0 saturated heterocycles. The Labute approximate surface area is 100 Å². The minimum Gasteiger partial charge on any atom is -0.472 e. The molecule has 1 aromatic heterocycles. The van der Waals surface area contributed by atoms with E-state index < -0.39 is 11.7 Å². The number of hydrogen-bond donors (Lipinski definition) is 0. The molecule has 0 saturated carbocycles. The van der Waals surface area contributed by atoms with Crippen molar-refractivity contribution in [3.8, 4) is 5.88 Å². The number of rotatable bonds is 3. The molecule has 0 fully saturated rings. The van der Waals surface area contributed by atoms with Gasteiger partial charge in [-0.3, -0.25) is 0 Å². The van der Waals surface area contributed by atoms with Crippen LogP contribution in [0.1, 0.15) is 5.56 Å². The van der Waals surface area contributed by atoms with Gasteiger partial charge in [0, 0.05) is 0 Å². The van der Waals surface area contributed by atoms with E-state index in [0.717, 1.165) is 12.1 Å². The maximum atomic E-state index is 12.5. The predicted molar refractivity (Wildman–Crippen MR) is 58.0 cm³/mol. The lowest BCUT2D eigenvalue weighted by Crippen LogP contribution is -2.06. The molecule has 1 aromatic carbocycles. The molecule has 0 aliphatic rings. The molecule has 94 valence electrons. The average molecular weight is 255 g/mol. The molecule has 1 heterocycles. The van der Waals surface area contributed by atoms with Crippen LogP contribution in [0.15, 0.2) is 30.9 Å². The lowest BCUT2D eigenvalue weighted by molar-refractivity contribution is -0.137. The van der Waals surface area contributed by atoms with Crippen molar-refractivity contribution < 1.29 is 17.9 Å². The minimum absolute atomic E-state index is 0.0823. The second kappa shape index (κ2) is 4.59. The van der Waals surface area contributed by atoms with Gasteiger partial charge >= 0.3 is 6.18 Å². The Morgan fingerprint density at radius 2 is 2.06 bits per heavy atom. The summed E-state index contributed by atoms with van der Waals surface area (Å²) in [5.74, 6) is 0.133. The van der Waals surface area contributed by atoms with Crippen molar-refractivity contribution >= 4 is 10.9 Å². The molecular weight excluding hydrogens is 247 g/mol. The third-order valence-corrected chi connectivity index (χ3v) is 2.18.